The van der Waals surface area contributed by atoms with Crippen molar-refractivity contribution in [1.29, 1.82) is 0 Å². The predicted molar refractivity (Wildman–Crippen MR) is 78.5 cm³/mol. The summed E-state index contributed by atoms with van der Waals surface area (Å²) < 4.78 is 0. The number of benzene rings is 1. The maximum absolute atomic E-state index is 11.0. The summed E-state index contributed by atoms with van der Waals surface area (Å²) in [4.78, 5) is 13.1. The van der Waals surface area contributed by atoms with Gasteiger partial charge in [-0.3, -0.25) is 4.79 Å². The van der Waals surface area contributed by atoms with E-state index in [4.69, 9.17) is 5.11 Å². The average molecular weight is 263 g/mol. The van der Waals surface area contributed by atoms with E-state index in [1.54, 1.807) is 0 Å². The van der Waals surface area contributed by atoms with E-state index >= 15 is 0 Å². The molecule has 0 amide bonds. The van der Waals surface area contributed by atoms with Crippen molar-refractivity contribution in [1.82, 2.24) is 4.90 Å². The fraction of sp³-hybridized carbons (Fsp3) is 0.562. The van der Waals surface area contributed by atoms with E-state index in [1.807, 2.05) is 21.0 Å². The number of aryl methyl sites for hydroxylation is 3. The predicted octanol–water partition coefficient (Wildman–Crippen LogP) is 3.33. The molecule has 106 valence electrons. The van der Waals surface area contributed by atoms with Crippen molar-refractivity contribution >= 4 is 5.97 Å². The highest BCUT2D eigenvalue weighted by atomic mass is 16.4. The first kappa shape index (κ1) is 15.7. The number of hydrogen-bond donors (Lipinski definition) is 1. The van der Waals surface area contributed by atoms with Gasteiger partial charge in [0, 0.05) is 12.5 Å². The molecule has 0 heterocycles. The Morgan fingerprint density at radius 1 is 1.16 bits per heavy atom. The summed E-state index contributed by atoms with van der Waals surface area (Å²) in [6, 6.07) is 4.53. The highest BCUT2D eigenvalue weighted by Gasteiger charge is 2.25. The van der Waals surface area contributed by atoms with Crippen molar-refractivity contribution in [3.63, 3.8) is 0 Å². The van der Waals surface area contributed by atoms with Crippen molar-refractivity contribution in [2.75, 3.05) is 14.1 Å². The second-order valence-corrected chi connectivity index (χ2v) is 5.78. The molecule has 1 N–H and O–H groups in total. The second-order valence-electron chi connectivity index (χ2n) is 5.78. The van der Waals surface area contributed by atoms with E-state index in [9.17, 15) is 4.79 Å². The molecule has 0 aromatic heterocycles. The Kier molecular flexibility index (Phi) is 5.12. The highest BCUT2D eigenvalue weighted by molar-refractivity contribution is 5.67. The molecule has 3 heteroatoms. The molecule has 2 unspecified atom stereocenters. The molecule has 2 atom stereocenters. The summed E-state index contributed by atoms with van der Waals surface area (Å²) in [5.74, 6) is -0.658. The zero-order valence-corrected chi connectivity index (χ0v) is 12.8. The number of rotatable bonds is 5. The van der Waals surface area contributed by atoms with Crippen LogP contribution < -0.4 is 0 Å². The van der Waals surface area contributed by atoms with E-state index in [2.05, 4.69) is 37.8 Å². The Labute approximate surface area is 116 Å². The zero-order valence-electron chi connectivity index (χ0n) is 12.8. The van der Waals surface area contributed by atoms with E-state index in [-0.39, 0.29) is 18.4 Å². The summed E-state index contributed by atoms with van der Waals surface area (Å²) in [7, 11) is 4.02. The number of carbonyl (C=O) groups is 1. The molecule has 0 fully saturated rings. The summed E-state index contributed by atoms with van der Waals surface area (Å²) in [6.45, 7) is 8.32. The third-order valence-electron chi connectivity index (χ3n) is 3.79. The van der Waals surface area contributed by atoms with Crippen molar-refractivity contribution in [2.45, 2.75) is 40.2 Å². The quantitative estimate of drug-likeness (QED) is 0.886. The van der Waals surface area contributed by atoms with Crippen LogP contribution in [0.15, 0.2) is 12.1 Å². The maximum atomic E-state index is 11.0. The SMILES string of the molecule is Cc1cc(C)c(C(C(C)CC(=O)O)N(C)C)cc1C. The van der Waals surface area contributed by atoms with Crippen LogP contribution in [0.5, 0.6) is 0 Å². The Morgan fingerprint density at radius 3 is 2.16 bits per heavy atom. The molecule has 0 bridgehead atoms. The van der Waals surface area contributed by atoms with Crippen LogP contribution in [0.1, 0.15) is 41.6 Å². The normalized spacial score (nSPS) is 14.5. The Bertz CT molecular complexity index is 466. The molecule has 0 spiro atoms. The van der Waals surface area contributed by atoms with Crippen molar-refractivity contribution in [2.24, 2.45) is 5.92 Å². The number of nitrogens with zero attached hydrogens (tertiary/aromatic N) is 1. The van der Waals surface area contributed by atoms with E-state index in [1.165, 1.54) is 22.3 Å². The van der Waals surface area contributed by atoms with Gasteiger partial charge in [-0.2, -0.15) is 0 Å². The van der Waals surface area contributed by atoms with Gasteiger partial charge in [-0.05, 0) is 63.0 Å². The molecule has 0 radical (unpaired) electrons. The minimum atomic E-state index is -0.735. The van der Waals surface area contributed by atoms with Crippen LogP contribution in [0, 0.1) is 26.7 Å². The average Bonchev–Trinajstić information content (AvgIpc) is 2.24. The Morgan fingerprint density at radius 2 is 1.68 bits per heavy atom. The van der Waals surface area contributed by atoms with Gasteiger partial charge in [0.2, 0.25) is 0 Å². The van der Waals surface area contributed by atoms with Gasteiger partial charge in [-0.15, -0.1) is 0 Å². The van der Waals surface area contributed by atoms with E-state index < -0.39 is 5.97 Å². The first-order chi connectivity index (χ1) is 8.73. The fourth-order valence-electron chi connectivity index (χ4n) is 2.78. The minimum absolute atomic E-state index is 0.0771. The fourth-order valence-corrected chi connectivity index (χ4v) is 2.78. The number of hydrogen-bond acceptors (Lipinski definition) is 2. The smallest absolute Gasteiger partial charge is 0.303 e. The summed E-state index contributed by atoms with van der Waals surface area (Å²) >= 11 is 0. The van der Waals surface area contributed by atoms with Gasteiger partial charge in [0.05, 0.1) is 0 Å². The lowest BCUT2D eigenvalue weighted by Gasteiger charge is -2.31. The lowest BCUT2D eigenvalue weighted by molar-refractivity contribution is -0.138. The van der Waals surface area contributed by atoms with Crippen molar-refractivity contribution < 1.29 is 9.90 Å². The largest absolute Gasteiger partial charge is 0.481 e. The third-order valence-corrected chi connectivity index (χ3v) is 3.79. The topological polar surface area (TPSA) is 40.5 Å². The number of carboxylic acid groups (broad SMARTS) is 1. The summed E-state index contributed by atoms with van der Waals surface area (Å²) in [5.41, 5.74) is 5.01. The molecular weight excluding hydrogens is 238 g/mol. The van der Waals surface area contributed by atoms with E-state index in [0.29, 0.717) is 0 Å². The molecule has 1 aromatic carbocycles. The maximum Gasteiger partial charge on any atom is 0.303 e. The minimum Gasteiger partial charge on any atom is -0.481 e. The van der Waals surface area contributed by atoms with Gasteiger partial charge in [0.1, 0.15) is 0 Å². The molecule has 19 heavy (non-hydrogen) atoms. The number of carboxylic acids is 1. The number of aliphatic carboxylic acids is 1. The summed E-state index contributed by atoms with van der Waals surface area (Å²) in [6.07, 6.45) is 0.190. The molecule has 0 aliphatic carbocycles. The zero-order chi connectivity index (χ0) is 14.7. The van der Waals surface area contributed by atoms with Crippen LogP contribution in [-0.2, 0) is 4.79 Å². The molecule has 3 nitrogen and oxygen atoms in total. The van der Waals surface area contributed by atoms with Crippen LogP contribution in [0.3, 0.4) is 0 Å². The second kappa shape index (κ2) is 6.20. The van der Waals surface area contributed by atoms with Crippen LogP contribution in [-0.4, -0.2) is 30.1 Å². The van der Waals surface area contributed by atoms with Crippen LogP contribution >= 0.6 is 0 Å². The highest BCUT2D eigenvalue weighted by Crippen LogP contribution is 2.32. The van der Waals surface area contributed by atoms with Gasteiger partial charge in [0.25, 0.3) is 0 Å². The van der Waals surface area contributed by atoms with Gasteiger partial charge in [-0.25, -0.2) is 0 Å². The van der Waals surface area contributed by atoms with Gasteiger partial charge < -0.3 is 10.0 Å². The first-order valence-corrected chi connectivity index (χ1v) is 6.70. The van der Waals surface area contributed by atoms with Crippen LogP contribution in [0.2, 0.25) is 0 Å². The molecule has 0 saturated heterocycles. The summed E-state index contributed by atoms with van der Waals surface area (Å²) in [5, 5.41) is 9.01. The van der Waals surface area contributed by atoms with Gasteiger partial charge >= 0.3 is 5.97 Å². The van der Waals surface area contributed by atoms with E-state index in [0.717, 1.165) is 0 Å². The Balaban J connectivity index is 3.19. The molecule has 1 aromatic rings. The third kappa shape index (κ3) is 3.80. The standard InChI is InChI=1S/C16H25NO2/c1-10-7-12(3)14(8-11(10)2)16(17(5)6)13(4)9-15(18)19/h7-8,13,16H,9H2,1-6H3,(H,18,19). The Hall–Kier alpha value is -1.35. The van der Waals surface area contributed by atoms with Crippen LogP contribution in [0.4, 0.5) is 0 Å². The van der Waals surface area contributed by atoms with Crippen molar-refractivity contribution in [3.8, 4) is 0 Å². The molecule has 0 aliphatic heterocycles. The van der Waals surface area contributed by atoms with Gasteiger partial charge in [-0.1, -0.05) is 19.1 Å². The first-order valence-electron chi connectivity index (χ1n) is 6.70. The van der Waals surface area contributed by atoms with Gasteiger partial charge in [0.15, 0.2) is 0 Å². The van der Waals surface area contributed by atoms with Crippen LogP contribution in [0.25, 0.3) is 0 Å². The monoisotopic (exact) mass is 263 g/mol. The lowest BCUT2D eigenvalue weighted by atomic mass is 9.86. The van der Waals surface area contributed by atoms with Crippen molar-refractivity contribution in [3.05, 3.63) is 34.4 Å². The molecule has 0 saturated carbocycles. The molecule has 0 aliphatic rings. The molecular formula is C16H25NO2. The lowest BCUT2D eigenvalue weighted by Crippen LogP contribution is -2.28. The molecule has 1 rings (SSSR count).